The number of hydrogen-bond donors (Lipinski definition) is 0. The van der Waals surface area contributed by atoms with Crippen LogP contribution >= 0.6 is 0 Å². The average molecular weight is 361 g/mol. The zero-order valence-electron chi connectivity index (χ0n) is 16.7. The predicted octanol–water partition coefficient (Wildman–Crippen LogP) is 4.89. The molecule has 0 saturated carbocycles. The number of benzene rings is 1. The minimum Gasteiger partial charge on any atom is -0.463 e. The van der Waals surface area contributed by atoms with Crippen molar-refractivity contribution in [3.05, 3.63) is 29.8 Å². The Morgan fingerprint density at radius 3 is 2.46 bits per heavy atom. The van der Waals surface area contributed by atoms with Gasteiger partial charge in [-0.2, -0.15) is 0 Å². The molecule has 2 rings (SSSR count). The highest BCUT2D eigenvalue weighted by atomic mass is 16.6. The van der Waals surface area contributed by atoms with Gasteiger partial charge in [0.15, 0.2) is 0 Å². The summed E-state index contributed by atoms with van der Waals surface area (Å²) in [6.45, 7) is 11.8. The Morgan fingerprint density at radius 2 is 1.88 bits per heavy atom. The highest BCUT2D eigenvalue weighted by Crippen LogP contribution is 2.40. The molecule has 2 atom stereocenters. The van der Waals surface area contributed by atoms with Crippen LogP contribution in [0.4, 0.5) is 10.5 Å². The average Bonchev–Trinajstić information content (AvgIpc) is 2.83. The van der Waals surface area contributed by atoms with Gasteiger partial charge in [0.1, 0.15) is 11.7 Å². The van der Waals surface area contributed by atoms with Gasteiger partial charge in [-0.15, -0.1) is 0 Å². The quantitative estimate of drug-likeness (QED) is 0.701. The summed E-state index contributed by atoms with van der Waals surface area (Å²) in [7, 11) is 0. The maximum Gasteiger partial charge on any atom is 0.414 e. The standard InChI is InChI=1S/C21H31NO4/c1-14(2)11-17(25-15(3)23)12-16-13-22(20(24)26-21(4,5)6)19-10-8-7-9-18(16)19/h7-10,14,16-17H,11-13H2,1-6H3. The van der Waals surface area contributed by atoms with Crippen LogP contribution in [-0.4, -0.2) is 30.3 Å². The zero-order valence-corrected chi connectivity index (χ0v) is 16.7. The Morgan fingerprint density at radius 1 is 1.23 bits per heavy atom. The van der Waals surface area contributed by atoms with Crippen LogP contribution in [0.3, 0.4) is 0 Å². The normalized spacial score (nSPS) is 17.8. The largest absolute Gasteiger partial charge is 0.463 e. The van der Waals surface area contributed by atoms with Crippen molar-refractivity contribution in [2.75, 3.05) is 11.4 Å². The SMILES string of the molecule is CC(=O)OC(CC(C)C)CC1CN(C(=O)OC(C)(C)C)c2ccccc21. The molecule has 144 valence electrons. The van der Waals surface area contributed by atoms with E-state index in [0.29, 0.717) is 18.9 Å². The van der Waals surface area contributed by atoms with Gasteiger partial charge in [0.25, 0.3) is 0 Å². The second-order valence-electron chi connectivity index (χ2n) is 8.44. The Hall–Kier alpha value is -2.04. The van der Waals surface area contributed by atoms with Crippen molar-refractivity contribution in [2.45, 2.75) is 72.0 Å². The molecule has 1 aromatic carbocycles. The molecule has 0 aliphatic carbocycles. The van der Waals surface area contributed by atoms with Crippen molar-refractivity contribution in [1.82, 2.24) is 0 Å². The molecular formula is C21H31NO4. The zero-order chi connectivity index (χ0) is 19.5. The van der Waals surface area contributed by atoms with E-state index in [1.807, 2.05) is 45.0 Å². The Balaban J connectivity index is 2.20. The van der Waals surface area contributed by atoms with Crippen LogP contribution in [0.2, 0.25) is 0 Å². The van der Waals surface area contributed by atoms with Crippen LogP contribution in [0.5, 0.6) is 0 Å². The molecule has 1 aliphatic rings. The van der Waals surface area contributed by atoms with Crippen molar-refractivity contribution in [3.8, 4) is 0 Å². The lowest BCUT2D eigenvalue weighted by Gasteiger charge is -2.25. The van der Waals surface area contributed by atoms with Crippen LogP contribution in [0, 0.1) is 5.92 Å². The number of hydrogen-bond acceptors (Lipinski definition) is 4. The number of fused-ring (bicyclic) bond motifs is 1. The van der Waals surface area contributed by atoms with E-state index in [0.717, 1.165) is 17.7 Å². The van der Waals surface area contributed by atoms with E-state index in [1.54, 1.807) is 4.90 Å². The Kier molecular flexibility index (Phi) is 6.32. The molecule has 5 nitrogen and oxygen atoms in total. The van der Waals surface area contributed by atoms with E-state index in [2.05, 4.69) is 13.8 Å². The maximum absolute atomic E-state index is 12.6. The van der Waals surface area contributed by atoms with Crippen LogP contribution in [0.15, 0.2) is 24.3 Å². The molecule has 26 heavy (non-hydrogen) atoms. The Labute approximate surface area is 156 Å². The van der Waals surface area contributed by atoms with Gasteiger partial charge in [0.05, 0.1) is 5.69 Å². The number of carbonyl (C=O) groups excluding carboxylic acids is 2. The predicted molar refractivity (Wildman–Crippen MR) is 102 cm³/mol. The van der Waals surface area contributed by atoms with Gasteiger partial charge in [-0.05, 0) is 51.2 Å². The second-order valence-corrected chi connectivity index (χ2v) is 8.44. The molecule has 1 aliphatic heterocycles. The fourth-order valence-corrected chi connectivity index (χ4v) is 3.46. The number of nitrogens with zero attached hydrogens (tertiary/aromatic N) is 1. The summed E-state index contributed by atoms with van der Waals surface area (Å²) >= 11 is 0. The molecular weight excluding hydrogens is 330 g/mol. The fourth-order valence-electron chi connectivity index (χ4n) is 3.46. The van der Waals surface area contributed by atoms with Crippen LogP contribution in [0.25, 0.3) is 0 Å². The molecule has 0 N–H and O–H groups in total. The first-order chi connectivity index (χ1) is 12.1. The van der Waals surface area contributed by atoms with Crippen molar-refractivity contribution in [3.63, 3.8) is 0 Å². The van der Waals surface area contributed by atoms with E-state index in [9.17, 15) is 9.59 Å². The first-order valence-electron chi connectivity index (χ1n) is 9.33. The maximum atomic E-state index is 12.6. The number of ether oxygens (including phenoxy) is 2. The van der Waals surface area contributed by atoms with Gasteiger partial charge < -0.3 is 9.47 Å². The van der Waals surface area contributed by atoms with Gasteiger partial charge in [0, 0.05) is 19.4 Å². The number of amides is 1. The highest BCUT2D eigenvalue weighted by molar-refractivity contribution is 5.91. The van der Waals surface area contributed by atoms with Gasteiger partial charge in [-0.3, -0.25) is 9.69 Å². The molecule has 1 aromatic rings. The van der Waals surface area contributed by atoms with Gasteiger partial charge in [-0.1, -0.05) is 32.0 Å². The van der Waals surface area contributed by atoms with Gasteiger partial charge >= 0.3 is 12.1 Å². The summed E-state index contributed by atoms with van der Waals surface area (Å²) in [4.78, 5) is 25.8. The van der Waals surface area contributed by atoms with Crippen molar-refractivity contribution in [2.24, 2.45) is 5.92 Å². The summed E-state index contributed by atoms with van der Waals surface area (Å²) in [5.41, 5.74) is 1.46. The van der Waals surface area contributed by atoms with Gasteiger partial charge in [-0.25, -0.2) is 4.79 Å². The number of rotatable bonds is 5. The van der Waals surface area contributed by atoms with E-state index < -0.39 is 5.60 Å². The third-order valence-corrected chi connectivity index (χ3v) is 4.30. The van der Waals surface area contributed by atoms with Crippen LogP contribution < -0.4 is 4.90 Å². The number of carbonyl (C=O) groups is 2. The topological polar surface area (TPSA) is 55.8 Å². The van der Waals surface area contributed by atoms with E-state index in [4.69, 9.17) is 9.47 Å². The summed E-state index contributed by atoms with van der Waals surface area (Å²) in [5.74, 6) is 0.297. The minimum atomic E-state index is -0.540. The summed E-state index contributed by atoms with van der Waals surface area (Å²) in [6.07, 6.45) is 1.03. The lowest BCUT2D eigenvalue weighted by molar-refractivity contribution is -0.147. The fraction of sp³-hybridized carbons (Fsp3) is 0.619. The number of para-hydroxylation sites is 1. The number of anilines is 1. The molecule has 0 radical (unpaired) electrons. The summed E-state index contributed by atoms with van der Waals surface area (Å²) < 4.78 is 11.1. The summed E-state index contributed by atoms with van der Waals surface area (Å²) in [5, 5.41) is 0. The van der Waals surface area contributed by atoms with E-state index in [-0.39, 0.29) is 24.1 Å². The van der Waals surface area contributed by atoms with Crippen molar-refractivity contribution < 1.29 is 19.1 Å². The third-order valence-electron chi connectivity index (χ3n) is 4.30. The third kappa shape index (κ3) is 5.48. The molecule has 1 amide bonds. The van der Waals surface area contributed by atoms with E-state index >= 15 is 0 Å². The van der Waals surface area contributed by atoms with Crippen molar-refractivity contribution >= 4 is 17.7 Å². The molecule has 1 heterocycles. The Bertz CT molecular complexity index is 648. The molecule has 5 heteroatoms. The molecule has 0 aromatic heterocycles. The molecule has 0 fully saturated rings. The lowest BCUT2D eigenvalue weighted by atomic mass is 9.91. The second kappa shape index (κ2) is 8.11. The molecule has 0 saturated heterocycles. The molecule has 0 bridgehead atoms. The first-order valence-corrected chi connectivity index (χ1v) is 9.33. The molecule has 2 unspecified atom stereocenters. The van der Waals surface area contributed by atoms with Crippen LogP contribution in [-0.2, 0) is 14.3 Å². The van der Waals surface area contributed by atoms with E-state index in [1.165, 1.54) is 6.92 Å². The van der Waals surface area contributed by atoms with Crippen LogP contribution in [0.1, 0.15) is 65.9 Å². The smallest absolute Gasteiger partial charge is 0.414 e. The summed E-state index contributed by atoms with van der Waals surface area (Å²) in [6, 6.07) is 7.90. The minimum absolute atomic E-state index is 0.127. The van der Waals surface area contributed by atoms with Gasteiger partial charge in [0.2, 0.25) is 0 Å². The molecule has 0 spiro atoms. The first kappa shape index (κ1) is 20.3. The van der Waals surface area contributed by atoms with Crippen molar-refractivity contribution in [1.29, 1.82) is 0 Å². The highest BCUT2D eigenvalue weighted by Gasteiger charge is 2.36. The number of esters is 1. The monoisotopic (exact) mass is 361 g/mol. The lowest BCUT2D eigenvalue weighted by Crippen LogP contribution is -2.36.